The van der Waals surface area contributed by atoms with Gasteiger partial charge in [-0.15, -0.1) is 10.2 Å². The average Bonchev–Trinajstić information content (AvgIpc) is 3.69. The van der Waals surface area contributed by atoms with Crippen LogP contribution in [0.1, 0.15) is 61.0 Å². The van der Waals surface area contributed by atoms with Crippen LogP contribution in [-0.4, -0.2) is 65.6 Å². The molecule has 6 rings (SSSR count). The summed E-state index contributed by atoms with van der Waals surface area (Å²) in [6, 6.07) is 17.0. The molecule has 0 spiro atoms. The second kappa shape index (κ2) is 12.1. The minimum Gasteiger partial charge on any atom is -0.436 e. The van der Waals surface area contributed by atoms with Crippen LogP contribution in [0.2, 0.25) is 0 Å². The smallest absolute Gasteiger partial charge is 0.301 e. The van der Waals surface area contributed by atoms with E-state index in [4.69, 9.17) is 4.42 Å². The highest BCUT2D eigenvalue weighted by atomic mass is 19.3. The van der Waals surface area contributed by atoms with Gasteiger partial charge >= 0.3 is 6.43 Å². The summed E-state index contributed by atoms with van der Waals surface area (Å²) in [5.41, 5.74) is 0.838. The molecule has 1 atom stereocenters. The van der Waals surface area contributed by atoms with Gasteiger partial charge in [-0.3, -0.25) is 14.6 Å². The molecule has 0 bridgehead atoms. The summed E-state index contributed by atoms with van der Waals surface area (Å²) in [5.74, 6) is -1.44. The largest absolute Gasteiger partial charge is 0.436 e. The van der Waals surface area contributed by atoms with Crippen molar-refractivity contribution < 1.29 is 27.2 Å². The Kier molecular flexibility index (Phi) is 8.04. The number of hydrogen-bond donors (Lipinski definition) is 1. The summed E-state index contributed by atoms with van der Waals surface area (Å²) in [6.45, 7) is 3.18. The van der Waals surface area contributed by atoms with E-state index in [0.717, 1.165) is 5.56 Å². The standard InChI is InChI=1S/C31H29F3N8O3/c1-31(2,34)30(44)36-21-8-9-24-22(17-21)37-28(45-24)20-10-13-35-23(16-20)29(43)41-14-11-19(12-15-41)25(18-6-4-3-5-7-18)42-39-27(26(32)33)38-40-42/h3-10,13,16-17,19,25-26H,11-12,14-15H2,1-2H3,(H,36,44)/t25-/m1/s1. The molecule has 1 N–H and O–H groups in total. The normalized spacial score (nSPS) is 15.0. The van der Waals surface area contributed by atoms with Gasteiger partial charge in [0.25, 0.3) is 11.8 Å². The van der Waals surface area contributed by atoms with Gasteiger partial charge in [-0.2, -0.15) is 4.80 Å². The number of aromatic nitrogens is 6. The maximum absolute atomic E-state index is 14.0. The lowest BCUT2D eigenvalue weighted by Gasteiger charge is -2.35. The molecule has 0 radical (unpaired) electrons. The molecule has 0 saturated carbocycles. The van der Waals surface area contributed by atoms with Crippen LogP contribution in [0, 0.1) is 5.92 Å². The van der Waals surface area contributed by atoms with Crippen molar-refractivity contribution in [1.82, 2.24) is 35.1 Å². The number of nitrogens with zero attached hydrogens (tertiary/aromatic N) is 7. The van der Waals surface area contributed by atoms with Crippen molar-refractivity contribution in [3.63, 3.8) is 0 Å². The Labute approximate surface area is 255 Å². The molecule has 1 fully saturated rings. The van der Waals surface area contributed by atoms with Gasteiger partial charge in [0.05, 0.1) is 0 Å². The van der Waals surface area contributed by atoms with Crippen LogP contribution in [0.4, 0.5) is 18.9 Å². The van der Waals surface area contributed by atoms with Crippen LogP contribution in [0.25, 0.3) is 22.6 Å². The molecule has 0 unspecified atom stereocenters. The van der Waals surface area contributed by atoms with E-state index >= 15 is 0 Å². The van der Waals surface area contributed by atoms with E-state index in [-0.39, 0.29) is 23.4 Å². The van der Waals surface area contributed by atoms with Crippen molar-refractivity contribution in [2.45, 2.75) is 44.8 Å². The average molecular weight is 619 g/mol. The number of piperidine rings is 1. The minimum absolute atomic E-state index is 0.0270. The topological polar surface area (TPSA) is 132 Å². The SMILES string of the molecule is CC(C)(F)C(=O)Nc1ccc2oc(-c3ccnc(C(=O)N4CCC([C@@H](c5ccccc5)n5nnc(C(F)F)n5)CC4)c3)nc2c1. The molecule has 14 heteroatoms. The lowest BCUT2D eigenvalue weighted by molar-refractivity contribution is -0.125. The number of alkyl halides is 3. The van der Waals surface area contributed by atoms with E-state index in [1.807, 2.05) is 30.3 Å². The van der Waals surface area contributed by atoms with Gasteiger partial charge in [0.15, 0.2) is 11.3 Å². The second-order valence-electron chi connectivity index (χ2n) is 11.3. The van der Waals surface area contributed by atoms with Crippen molar-refractivity contribution in [3.8, 4) is 11.5 Å². The zero-order chi connectivity index (χ0) is 31.7. The molecule has 232 valence electrons. The molecule has 1 aliphatic heterocycles. The minimum atomic E-state index is -2.83. The molecule has 4 heterocycles. The number of benzene rings is 2. The quantitative estimate of drug-likeness (QED) is 0.236. The van der Waals surface area contributed by atoms with E-state index in [0.29, 0.717) is 48.3 Å². The number of tetrazole rings is 1. The van der Waals surface area contributed by atoms with E-state index in [1.165, 1.54) is 24.8 Å². The number of hydrogen-bond acceptors (Lipinski definition) is 8. The molecule has 45 heavy (non-hydrogen) atoms. The fourth-order valence-corrected chi connectivity index (χ4v) is 5.36. The van der Waals surface area contributed by atoms with Gasteiger partial charge < -0.3 is 14.6 Å². The molecule has 0 aliphatic carbocycles. The number of rotatable bonds is 8. The molecule has 1 aliphatic rings. The molecule has 5 aromatic rings. The number of anilines is 1. The van der Waals surface area contributed by atoms with Crippen molar-refractivity contribution in [1.29, 1.82) is 0 Å². The van der Waals surface area contributed by atoms with Crippen molar-refractivity contribution in [2.24, 2.45) is 5.92 Å². The summed E-state index contributed by atoms with van der Waals surface area (Å²) in [5, 5.41) is 13.9. The molecular formula is C31H29F3N8O3. The number of halogens is 3. The predicted molar refractivity (Wildman–Crippen MR) is 157 cm³/mol. The van der Waals surface area contributed by atoms with Gasteiger partial charge in [-0.25, -0.2) is 18.2 Å². The number of likely N-dealkylation sites (tertiary alicyclic amines) is 1. The number of oxazole rings is 1. The highest BCUT2D eigenvalue weighted by molar-refractivity contribution is 5.98. The summed E-state index contributed by atoms with van der Waals surface area (Å²) in [6.07, 6.45) is -0.158. The van der Waals surface area contributed by atoms with Crippen LogP contribution in [0.3, 0.4) is 0 Å². The molecule has 1 saturated heterocycles. The highest BCUT2D eigenvalue weighted by Gasteiger charge is 2.33. The molecular weight excluding hydrogens is 589 g/mol. The highest BCUT2D eigenvalue weighted by Crippen LogP contribution is 2.34. The Bertz CT molecular complexity index is 1830. The van der Waals surface area contributed by atoms with Crippen LogP contribution >= 0.6 is 0 Å². The third kappa shape index (κ3) is 6.40. The van der Waals surface area contributed by atoms with Crippen molar-refractivity contribution >= 4 is 28.6 Å². The van der Waals surface area contributed by atoms with E-state index < -0.39 is 29.9 Å². The molecule has 11 nitrogen and oxygen atoms in total. The van der Waals surface area contributed by atoms with Crippen LogP contribution in [-0.2, 0) is 4.79 Å². The van der Waals surface area contributed by atoms with Gasteiger partial charge in [0.1, 0.15) is 17.3 Å². The number of nitrogens with one attached hydrogen (secondary N) is 1. The van der Waals surface area contributed by atoms with Gasteiger partial charge in [0.2, 0.25) is 11.7 Å². The summed E-state index contributed by atoms with van der Waals surface area (Å²) in [4.78, 5) is 37.3. The third-order valence-electron chi connectivity index (χ3n) is 7.71. The van der Waals surface area contributed by atoms with Crippen LogP contribution < -0.4 is 5.32 Å². The Balaban J connectivity index is 1.16. The fourth-order valence-electron chi connectivity index (χ4n) is 5.36. The first-order valence-corrected chi connectivity index (χ1v) is 14.4. The summed E-state index contributed by atoms with van der Waals surface area (Å²) >= 11 is 0. The van der Waals surface area contributed by atoms with Crippen molar-refractivity contribution in [2.75, 3.05) is 18.4 Å². The Morgan fingerprint density at radius 3 is 2.49 bits per heavy atom. The first kappa shape index (κ1) is 29.9. The first-order chi connectivity index (χ1) is 21.6. The lowest BCUT2D eigenvalue weighted by Crippen LogP contribution is -2.41. The zero-order valence-electron chi connectivity index (χ0n) is 24.4. The maximum Gasteiger partial charge on any atom is 0.301 e. The summed E-state index contributed by atoms with van der Waals surface area (Å²) < 4.78 is 46.3. The maximum atomic E-state index is 14.0. The van der Waals surface area contributed by atoms with Crippen LogP contribution in [0.15, 0.2) is 71.3 Å². The van der Waals surface area contributed by atoms with Crippen molar-refractivity contribution in [3.05, 3.63) is 83.9 Å². The molecule has 2 aromatic carbocycles. The monoisotopic (exact) mass is 618 g/mol. The van der Waals surface area contributed by atoms with E-state index in [1.54, 1.807) is 35.2 Å². The Morgan fingerprint density at radius 1 is 1.04 bits per heavy atom. The van der Waals surface area contributed by atoms with E-state index in [2.05, 4.69) is 30.7 Å². The molecule has 2 amide bonds. The zero-order valence-corrected chi connectivity index (χ0v) is 24.4. The van der Waals surface area contributed by atoms with E-state index in [9.17, 15) is 22.8 Å². The number of pyridine rings is 1. The fraction of sp³-hybridized carbons (Fsp3) is 0.323. The Morgan fingerprint density at radius 2 is 1.80 bits per heavy atom. The number of carbonyl (C=O) groups excluding carboxylic acids is 2. The summed E-state index contributed by atoms with van der Waals surface area (Å²) in [7, 11) is 0. The molecule has 3 aromatic heterocycles. The number of carbonyl (C=O) groups is 2. The van der Waals surface area contributed by atoms with Gasteiger partial charge in [0, 0.05) is 30.5 Å². The van der Waals surface area contributed by atoms with Gasteiger partial charge in [-0.1, -0.05) is 30.3 Å². The third-order valence-corrected chi connectivity index (χ3v) is 7.71. The predicted octanol–water partition coefficient (Wildman–Crippen LogP) is 5.64. The Hall–Kier alpha value is -5.14. The van der Waals surface area contributed by atoms with Gasteiger partial charge in [-0.05, 0) is 73.7 Å². The first-order valence-electron chi connectivity index (χ1n) is 14.4. The van der Waals surface area contributed by atoms with Crippen LogP contribution in [0.5, 0.6) is 0 Å². The number of amides is 2. The number of fused-ring (bicyclic) bond motifs is 1. The lowest BCUT2D eigenvalue weighted by atomic mass is 9.85. The second-order valence-corrected chi connectivity index (χ2v) is 11.3.